The van der Waals surface area contributed by atoms with Gasteiger partial charge in [-0.05, 0) is 129 Å². The van der Waals surface area contributed by atoms with Crippen LogP contribution >= 0.6 is 21.6 Å². The Kier molecular flexibility index (Phi) is 26.3. The molecule has 8 amide bonds. The molecule has 1 fully saturated rings. The molecule has 0 saturated carbocycles. The van der Waals surface area contributed by atoms with E-state index >= 15 is 19.2 Å². The zero-order valence-corrected chi connectivity index (χ0v) is 56.2. The lowest BCUT2D eigenvalue weighted by Crippen LogP contribution is -2.62. The van der Waals surface area contributed by atoms with Crippen molar-refractivity contribution in [3.63, 3.8) is 0 Å². The van der Waals surface area contributed by atoms with Crippen molar-refractivity contribution in [2.75, 3.05) is 24.7 Å². The summed E-state index contributed by atoms with van der Waals surface area (Å²) in [5.41, 5.74) is 6.63. The number of nitrogens with one attached hydrogen (secondary N) is 8. The molecule has 10 atom stereocenters. The number of benzene rings is 5. The van der Waals surface area contributed by atoms with Crippen molar-refractivity contribution in [2.24, 2.45) is 5.92 Å². The van der Waals surface area contributed by atoms with Crippen LogP contribution in [0.2, 0.25) is 0 Å². The fourth-order valence-corrected chi connectivity index (χ4v) is 14.0. The third-order valence-corrected chi connectivity index (χ3v) is 19.1. The minimum Gasteiger partial charge on any atom is -0.508 e. The molecule has 1 aliphatic heterocycles. The van der Waals surface area contributed by atoms with Crippen LogP contribution in [-0.2, 0) is 67.1 Å². The largest absolute Gasteiger partial charge is 0.508 e. The summed E-state index contributed by atoms with van der Waals surface area (Å²) < 4.78 is 11.3. The third kappa shape index (κ3) is 21.1. The standard InChI is InChI=1S/C71H84N8O16S2/c1-40(80)60-67(89)76-58(66(88)79-61(41(2)81)68(90)91)39-97-96-38-57(75-64(86)55(34-42-17-7-6-8-18-42)77-70(93)94-37-53-51-23-13-11-21-49(51)50-22-12-14-24-52(50)53)59(83)36-46(33-43-26-30-47(82)31-27-43)62(84)74-56(35-45-29-28-44-19-9-10-20-48(44)45)65(87)73-54(63(85)78-60)25-15-16-32-72-69(92)95-71(3,4)5/h6-14,17-24,26-27,29-31,40-41,46,53-58,60-61,80-82H,15-16,25,28,32-39H2,1-5H3,(H,72,92)(H,73,87)(H,74,84)(H,75,86)(H,76,89)(H,77,93)(H,78,85)(H,79,88)(H,90,91)/t40-,41-,46-,54+,55-,56-,57+,58+,60+,61+/m1/s1. The number of aliphatic carboxylic acids is 1. The number of amides is 8. The number of aliphatic hydroxyl groups is 2. The average molecular weight is 1370 g/mol. The summed E-state index contributed by atoms with van der Waals surface area (Å²) in [6, 6.07) is 26.5. The van der Waals surface area contributed by atoms with Gasteiger partial charge in [0.25, 0.3) is 0 Å². The van der Waals surface area contributed by atoms with Crippen LogP contribution in [0.15, 0.2) is 133 Å². The third-order valence-electron chi connectivity index (χ3n) is 16.7. The molecule has 0 unspecified atom stereocenters. The van der Waals surface area contributed by atoms with Gasteiger partial charge in [0, 0.05) is 49.1 Å². The predicted molar refractivity (Wildman–Crippen MR) is 365 cm³/mol. The van der Waals surface area contributed by atoms with Gasteiger partial charge < -0.3 is 72.4 Å². The number of phenols is 1. The molecule has 0 aromatic heterocycles. The molecule has 12 N–H and O–H groups in total. The quantitative estimate of drug-likeness (QED) is 0.0317. The van der Waals surface area contributed by atoms with Crippen molar-refractivity contribution in [1.82, 2.24) is 42.5 Å². The molecular formula is C71H84N8O16S2. The summed E-state index contributed by atoms with van der Waals surface area (Å²) >= 11 is 0. The smallest absolute Gasteiger partial charge is 0.407 e. The Morgan fingerprint density at radius 2 is 1.28 bits per heavy atom. The molecule has 0 bridgehead atoms. The number of Topliss-reactive ketones (excluding diaryl/α,β-unsaturated/α-hetero) is 1. The van der Waals surface area contributed by atoms with Gasteiger partial charge in [0.05, 0.1) is 18.2 Å². The fraction of sp³-hybridized carbons (Fsp3) is 0.408. The minimum absolute atomic E-state index is 0.0812. The molecule has 26 heteroatoms. The Bertz CT molecular complexity index is 3630. The Morgan fingerprint density at radius 3 is 1.93 bits per heavy atom. The first-order valence-electron chi connectivity index (χ1n) is 32.2. The van der Waals surface area contributed by atoms with Crippen LogP contribution in [0.4, 0.5) is 9.59 Å². The number of unbranched alkanes of at least 4 members (excludes halogenated alkanes) is 1. The summed E-state index contributed by atoms with van der Waals surface area (Å²) in [5, 5.41) is 63.0. The minimum atomic E-state index is -1.88. The van der Waals surface area contributed by atoms with E-state index in [9.17, 15) is 49.2 Å². The van der Waals surface area contributed by atoms with Gasteiger partial charge in [0.15, 0.2) is 11.8 Å². The molecule has 516 valence electrons. The molecule has 0 spiro atoms. The van der Waals surface area contributed by atoms with Crippen LogP contribution in [0.5, 0.6) is 5.75 Å². The first-order valence-corrected chi connectivity index (χ1v) is 34.7. The van der Waals surface area contributed by atoms with Crippen LogP contribution in [0, 0.1) is 5.92 Å². The SMILES string of the molecule is C[C@@H](O)[C@H](NC(=O)[C@@H]1CSSC[C@H](NC(=O)[C@@H](Cc2ccccc2)NC(=O)OCC2c3ccccc3-c3ccccc32)C(=O)C[C@@H](Cc2ccc(O)cc2)C(=O)N[C@H](CC2=CCc3ccccc32)C(=O)N[C@@H](CCCCNC(=O)OC(C)(C)C)C(=O)N[C@@H]([C@@H](C)O)C(=O)N1)C(=O)O. The second-order valence-electron chi connectivity index (χ2n) is 25.3. The second-order valence-corrected chi connectivity index (χ2v) is 27.8. The number of rotatable bonds is 21. The Labute approximate surface area is 570 Å². The van der Waals surface area contributed by atoms with Crippen LogP contribution < -0.4 is 42.5 Å². The van der Waals surface area contributed by atoms with Crippen LogP contribution in [0.3, 0.4) is 0 Å². The van der Waals surface area contributed by atoms with Gasteiger partial charge in [-0.2, -0.15) is 0 Å². The summed E-state index contributed by atoms with van der Waals surface area (Å²) in [6.07, 6.45) is -3.24. The highest BCUT2D eigenvalue weighted by Crippen LogP contribution is 2.44. The first kappa shape index (κ1) is 73.6. The van der Waals surface area contributed by atoms with Gasteiger partial charge in [-0.15, -0.1) is 0 Å². The van der Waals surface area contributed by atoms with Gasteiger partial charge in [-0.25, -0.2) is 14.4 Å². The van der Waals surface area contributed by atoms with Crippen LogP contribution in [0.1, 0.15) is 106 Å². The summed E-state index contributed by atoms with van der Waals surface area (Å²) in [4.78, 5) is 143. The number of carboxylic acid groups (broad SMARTS) is 1. The lowest BCUT2D eigenvalue weighted by molar-refractivity contribution is -0.145. The average Bonchev–Trinajstić information content (AvgIpc) is 1.59. The molecule has 0 radical (unpaired) electrons. The molecule has 97 heavy (non-hydrogen) atoms. The Balaban J connectivity index is 1.14. The lowest BCUT2D eigenvalue weighted by atomic mass is 9.90. The molecule has 24 nitrogen and oxygen atoms in total. The number of fused-ring (bicyclic) bond motifs is 4. The van der Waals surface area contributed by atoms with Crippen molar-refractivity contribution < 1.29 is 77.8 Å². The number of ketones is 1. The summed E-state index contributed by atoms with van der Waals surface area (Å²) in [7, 11) is 1.82. The van der Waals surface area contributed by atoms with Gasteiger partial charge >= 0.3 is 18.2 Å². The van der Waals surface area contributed by atoms with E-state index in [-0.39, 0.29) is 69.1 Å². The summed E-state index contributed by atoms with van der Waals surface area (Å²) in [6.45, 7) is 7.39. The van der Waals surface area contributed by atoms with Crippen molar-refractivity contribution in [1.29, 1.82) is 0 Å². The predicted octanol–water partition coefficient (Wildman–Crippen LogP) is 5.53. The number of hydrogen-bond donors (Lipinski definition) is 12. The van der Waals surface area contributed by atoms with Crippen molar-refractivity contribution in [3.8, 4) is 16.9 Å². The maximum Gasteiger partial charge on any atom is 0.407 e. The van der Waals surface area contributed by atoms with E-state index in [1.165, 1.54) is 19.1 Å². The number of aromatic hydroxyl groups is 1. The second kappa shape index (κ2) is 34.6. The van der Waals surface area contributed by atoms with E-state index < -0.39 is 138 Å². The van der Waals surface area contributed by atoms with Gasteiger partial charge in [-0.1, -0.05) is 143 Å². The molecular weight excluding hydrogens is 1280 g/mol. The van der Waals surface area contributed by atoms with Crippen LogP contribution in [-0.4, -0.2) is 165 Å². The van der Waals surface area contributed by atoms with Crippen molar-refractivity contribution >= 4 is 86.5 Å². The zero-order chi connectivity index (χ0) is 69.9. The number of ether oxygens (including phenoxy) is 2. The van der Waals surface area contributed by atoms with E-state index in [4.69, 9.17) is 9.47 Å². The van der Waals surface area contributed by atoms with Crippen molar-refractivity contribution in [2.45, 2.75) is 152 Å². The number of phenolic OH excluding ortho intramolecular Hbond substituents is 1. The maximum atomic E-state index is 15.4. The highest BCUT2D eigenvalue weighted by atomic mass is 33.1. The van der Waals surface area contributed by atoms with Crippen LogP contribution in [0.25, 0.3) is 16.7 Å². The highest BCUT2D eigenvalue weighted by Gasteiger charge is 2.39. The van der Waals surface area contributed by atoms with E-state index in [0.29, 0.717) is 23.1 Å². The number of aliphatic hydroxyl groups excluding tert-OH is 2. The molecule has 2 aliphatic carbocycles. The van der Waals surface area contributed by atoms with E-state index in [1.807, 2.05) is 78.9 Å². The number of carbonyl (C=O) groups is 10. The molecule has 5 aromatic carbocycles. The van der Waals surface area contributed by atoms with Crippen molar-refractivity contribution in [3.05, 3.63) is 167 Å². The first-order chi connectivity index (χ1) is 46.3. The lowest BCUT2D eigenvalue weighted by Gasteiger charge is -2.29. The molecule has 3 aliphatic rings. The Hall–Kier alpha value is -9.24. The number of alkyl carbamates (subject to hydrolysis) is 2. The van der Waals surface area contributed by atoms with E-state index in [0.717, 1.165) is 61.9 Å². The molecule has 1 saturated heterocycles. The number of hydrogen-bond acceptors (Lipinski definition) is 17. The molecule has 1 heterocycles. The topological polar surface area (TPSA) is 366 Å². The number of carbonyl (C=O) groups excluding carboxylic acids is 9. The van der Waals surface area contributed by atoms with Gasteiger partial charge in [0.2, 0.25) is 35.4 Å². The molecule has 8 rings (SSSR count). The summed E-state index contributed by atoms with van der Waals surface area (Å²) in [5.74, 6) is -10.5. The monoisotopic (exact) mass is 1370 g/mol. The van der Waals surface area contributed by atoms with E-state index in [2.05, 4.69) is 42.5 Å². The number of carboxylic acids is 1. The number of allylic oxidation sites excluding steroid dienone is 1. The maximum absolute atomic E-state index is 15.4. The van der Waals surface area contributed by atoms with Gasteiger partial charge in [0.1, 0.15) is 48.2 Å². The zero-order valence-electron chi connectivity index (χ0n) is 54.5. The van der Waals surface area contributed by atoms with E-state index in [1.54, 1.807) is 63.2 Å². The fourth-order valence-electron chi connectivity index (χ4n) is 11.7. The highest BCUT2D eigenvalue weighted by molar-refractivity contribution is 8.76. The molecule has 5 aromatic rings. The normalized spacial score (nSPS) is 20.8. The van der Waals surface area contributed by atoms with Gasteiger partial charge in [-0.3, -0.25) is 33.6 Å². The Morgan fingerprint density at radius 1 is 0.660 bits per heavy atom.